The van der Waals surface area contributed by atoms with Gasteiger partial charge in [-0.1, -0.05) is 62.4 Å². The summed E-state index contributed by atoms with van der Waals surface area (Å²) in [5.74, 6) is -1.24. The lowest BCUT2D eigenvalue weighted by atomic mass is 9.98. The van der Waals surface area contributed by atoms with E-state index >= 15 is 0 Å². The van der Waals surface area contributed by atoms with Crippen LogP contribution in [0.2, 0.25) is 0 Å². The summed E-state index contributed by atoms with van der Waals surface area (Å²) in [6, 6.07) is 15.0. The molecule has 0 heterocycles. The molecule has 1 atom stereocenters. The van der Waals surface area contributed by atoms with Crippen LogP contribution in [0.5, 0.6) is 0 Å². The van der Waals surface area contributed by atoms with E-state index in [0.29, 0.717) is 6.42 Å². The van der Waals surface area contributed by atoms with E-state index in [4.69, 9.17) is 4.74 Å². The smallest absolute Gasteiger partial charge is 0.407 e. The molecular formula is C21H22NO4. The number of hydrogen-bond donors (Lipinski definition) is 1. The molecular weight excluding hydrogens is 330 g/mol. The Labute approximate surface area is 153 Å². The summed E-state index contributed by atoms with van der Waals surface area (Å²) in [6.07, 6.45) is -0.436. The van der Waals surface area contributed by atoms with Crippen molar-refractivity contribution in [3.8, 4) is 11.1 Å². The average Bonchev–Trinajstić information content (AvgIpc) is 2.93. The van der Waals surface area contributed by atoms with E-state index in [1.165, 1.54) is 0 Å². The molecule has 0 unspecified atom stereocenters. The second-order valence-electron chi connectivity index (χ2n) is 6.97. The molecule has 0 saturated carbocycles. The Bertz CT molecular complexity index is 770. The Morgan fingerprint density at radius 2 is 1.54 bits per heavy atom. The van der Waals surface area contributed by atoms with Gasteiger partial charge in [0.25, 0.3) is 0 Å². The van der Waals surface area contributed by atoms with Crippen LogP contribution in [-0.4, -0.2) is 24.7 Å². The number of hydrogen-bond acceptors (Lipinski definition) is 3. The third-order valence-electron chi connectivity index (χ3n) is 4.63. The highest BCUT2D eigenvalue weighted by molar-refractivity contribution is 5.80. The van der Waals surface area contributed by atoms with E-state index in [-0.39, 0.29) is 18.4 Å². The first-order chi connectivity index (χ1) is 12.5. The van der Waals surface area contributed by atoms with E-state index in [1.54, 1.807) is 0 Å². The van der Waals surface area contributed by atoms with Crippen molar-refractivity contribution in [3.05, 3.63) is 59.7 Å². The van der Waals surface area contributed by atoms with Crippen molar-refractivity contribution in [2.75, 3.05) is 6.61 Å². The van der Waals surface area contributed by atoms with Crippen molar-refractivity contribution >= 4 is 12.1 Å². The van der Waals surface area contributed by atoms with Gasteiger partial charge < -0.3 is 10.1 Å². The number of nitrogens with one attached hydrogen (secondary N) is 1. The highest BCUT2D eigenvalue weighted by Gasteiger charge is 2.30. The lowest BCUT2D eigenvalue weighted by Gasteiger charge is -2.17. The van der Waals surface area contributed by atoms with Gasteiger partial charge in [0.1, 0.15) is 12.6 Å². The maximum absolute atomic E-state index is 12.1. The van der Waals surface area contributed by atoms with E-state index in [9.17, 15) is 14.7 Å². The first-order valence-electron chi connectivity index (χ1n) is 8.79. The summed E-state index contributed by atoms with van der Waals surface area (Å²) < 4.78 is 5.36. The fourth-order valence-corrected chi connectivity index (χ4v) is 3.47. The number of fused-ring (bicyclic) bond motifs is 3. The fraction of sp³-hybridized carbons (Fsp3) is 0.333. The van der Waals surface area contributed by atoms with Crippen molar-refractivity contribution in [1.29, 1.82) is 0 Å². The molecule has 3 rings (SSSR count). The summed E-state index contributed by atoms with van der Waals surface area (Å²) in [7, 11) is 0. The quantitative estimate of drug-likeness (QED) is 0.857. The molecule has 135 valence electrons. The summed E-state index contributed by atoms with van der Waals surface area (Å²) in [5.41, 5.74) is 4.51. The van der Waals surface area contributed by atoms with Crippen molar-refractivity contribution in [3.63, 3.8) is 0 Å². The first kappa shape index (κ1) is 18.0. The van der Waals surface area contributed by atoms with Crippen LogP contribution < -0.4 is 5.32 Å². The van der Waals surface area contributed by atoms with Gasteiger partial charge in [0.2, 0.25) is 0 Å². The van der Waals surface area contributed by atoms with Crippen LogP contribution in [0.15, 0.2) is 48.5 Å². The lowest BCUT2D eigenvalue weighted by molar-refractivity contribution is -0.146. The van der Waals surface area contributed by atoms with Crippen molar-refractivity contribution in [2.45, 2.75) is 32.2 Å². The second kappa shape index (κ2) is 7.60. The van der Waals surface area contributed by atoms with Gasteiger partial charge in [-0.25, -0.2) is 14.7 Å². The predicted molar refractivity (Wildman–Crippen MR) is 97.1 cm³/mol. The van der Waals surface area contributed by atoms with Crippen LogP contribution >= 0.6 is 0 Å². The molecule has 0 aromatic heterocycles. The van der Waals surface area contributed by atoms with Crippen LogP contribution in [0.3, 0.4) is 0 Å². The monoisotopic (exact) mass is 352 g/mol. The molecule has 1 N–H and O–H groups in total. The Morgan fingerprint density at radius 1 is 1.00 bits per heavy atom. The van der Waals surface area contributed by atoms with Gasteiger partial charge >= 0.3 is 12.1 Å². The predicted octanol–water partition coefficient (Wildman–Crippen LogP) is 3.90. The van der Waals surface area contributed by atoms with Gasteiger partial charge in [0.05, 0.1) is 0 Å². The normalized spacial score (nSPS) is 13.8. The zero-order valence-corrected chi connectivity index (χ0v) is 14.9. The third kappa shape index (κ3) is 3.72. The number of alkyl carbamates (subject to hydrolysis) is 1. The molecule has 26 heavy (non-hydrogen) atoms. The van der Waals surface area contributed by atoms with Crippen LogP contribution in [0, 0.1) is 5.92 Å². The van der Waals surface area contributed by atoms with Crippen molar-refractivity contribution in [1.82, 2.24) is 5.32 Å². The number of carbonyl (C=O) groups excluding carboxylic acids is 2. The van der Waals surface area contributed by atoms with Crippen LogP contribution in [-0.2, 0) is 14.6 Å². The number of amides is 1. The molecule has 0 saturated heterocycles. The molecule has 2 aromatic carbocycles. The van der Waals surface area contributed by atoms with Crippen LogP contribution in [0.25, 0.3) is 11.1 Å². The minimum atomic E-state index is -1.30. The Kier molecular flexibility index (Phi) is 5.26. The maximum Gasteiger partial charge on any atom is 0.407 e. The average molecular weight is 352 g/mol. The van der Waals surface area contributed by atoms with Gasteiger partial charge in [-0.3, -0.25) is 0 Å². The van der Waals surface area contributed by atoms with Crippen molar-refractivity contribution < 1.29 is 19.4 Å². The van der Waals surface area contributed by atoms with Crippen LogP contribution in [0.4, 0.5) is 4.79 Å². The minimum Gasteiger partial charge on any atom is -0.449 e. The Balaban J connectivity index is 1.70. The standard InChI is InChI=1S/C21H22NO4/c1-13(2)11-19(20(23)24)22-21(25)26-12-18-16-9-5-3-7-14(16)15-8-4-6-10-17(15)18/h3-10,13,18-19H,11-12H2,1-2H3,(H,22,25)/t19-/m0/s1. The summed E-state index contributed by atoms with van der Waals surface area (Å²) in [4.78, 5) is 23.3. The lowest BCUT2D eigenvalue weighted by Crippen LogP contribution is -2.41. The third-order valence-corrected chi connectivity index (χ3v) is 4.63. The largest absolute Gasteiger partial charge is 0.449 e. The summed E-state index contributed by atoms with van der Waals surface area (Å²) >= 11 is 0. The maximum atomic E-state index is 12.1. The highest BCUT2D eigenvalue weighted by Crippen LogP contribution is 2.44. The molecule has 1 aliphatic rings. The molecule has 1 radical (unpaired) electrons. The molecule has 0 fully saturated rings. The van der Waals surface area contributed by atoms with Gasteiger partial charge in [-0.05, 0) is 34.6 Å². The van der Waals surface area contributed by atoms with E-state index in [0.717, 1.165) is 22.3 Å². The number of carbonyl (C=O) groups is 2. The summed E-state index contributed by atoms with van der Waals surface area (Å²) in [6.45, 7) is 3.92. The van der Waals surface area contributed by atoms with Crippen molar-refractivity contribution in [2.24, 2.45) is 5.92 Å². The van der Waals surface area contributed by atoms with Crippen LogP contribution in [0.1, 0.15) is 37.3 Å². The van der Waals surface area contributed by atoms with Gasteiger partial charge in [0.15, 0.2) is 0 Å². The topological polar surface area (TPSA) is 75.3 Å². The molecule has 0 spiro atoms. The van der Waals surface area contributed by atoms with E-state index in [1.807, 2.05) is 50.2 Å². The second-order valence-corrected chi connectivity index (χ2v) is 6.97. The zero-order valence-electron chi connectivity index (χ0n) is 14.9. The number of ether oxygens (including phenoxy) is 1. The Hall–Kier alpha value is -2.82. The van der Waals surface area contributed by atoms with E-state index < -0.39 is 18.1 Å². The minimum absolute atomic E-state index is 0.0559. The number of rotatable bonds is 6. The molecule has 1 aliphatic carbocycles. The molecule has 1 amide bonds. The summed E-state index contributed by atoms with van der Waals surface area (Å²) in [5, 5.41) is 13.6. The van der Waals surface area contributed by atoms with Gasteiger partial charge in [-0.15, -0.1) is 0 Å². The van der Waals surface area contributed by atoms with E-state index in [2.05, 4.69) is 17.4 Å². The molecule has 2 aromatic rings. The molecule has 5 heteroatoms. The first-order valence-corrected chi connectivity index (χ1v) is 8.79. The molecule has 5 nitrogen and oxygen atoms in total. The zero-order chi connectivity index (χ0) is 18.7. The molecule has 0 bridgehead atoms. The molecule has 0 aliphatic heterocycles. The van der Waals surface area contributed by atoms with Gasteiger partial charge in [0, 0.05) is 5.92 Å². The Morgan fingerprint density at radius 3 is 2.04 bits per heavy atom. The fourth-order valence-electron chi connectivity index (χ4n) is 3.47. The van der Waals surface area contributed by atoms with Gasteiger partial charge in [-0.2, -0.15) is 0 Å². The highest BCUT2D eigenvalue weighted by atomic mass is 16.5. The SMILES string of the molecule is CC(C)C[C@H](NC(=O)OCC1c2ccccc2-c2ccccc21)C([O])=O. The number of benzene rings is 2.